The van der Waals surface area contributed by atoms with E-state index in [9.17, 15) is 14.4 Å². The highest BCUT2D eigenvalue weighted by atomic mass is 16.4. The molecule has 32 heavy (non-hydrogen) atoms. The summed E-state index contributed by atoms with van der Waals surface area (Å²) in [6, 6.07) is 10.5. The molecule has 1 aromatic heterocycles. The number of nitrogens with one attached hydrogen (secondary N) is 3. The number of carbonyl (C=O) groups excluding carboxylic acids is 3. The lowest BCUT2D eigenvalue weighted by Gasteiger charge is -2.29. The SMILES string of the molecule is CNC(=O)C(NC(=O)c1ccc(-c2ccc(CNC(=O)C3CC3)cc2)o1)C1CCCCC1. The van der Waals surface area contributed by atoms with Gasteiger partial charge in [-0.1, -0.05) is 43.5 Å². The summed E-state index contributed by atoms with van der Waals surface area (Å²) in [5, 5.41) is 8.51. The Morgan fingerprint density at radius 2 is 1.69 bits per heavy atom. The number of likely N-dealkylation sites (N-methyl/N-ethyl adjacent to an activating group) is 1. The first-order valence-electron chi connectivity index (χ1n) is 11.5. The molecule has 1 atom stereocenters. The van der Waals surface area contributed by atoms with Crippen LogP contribution in [0, 0.1) is 11.8 Å². The van der Waals surface area contributed by atoms with Gasteiger partial charge in [-0.2, -0.15) is 0 Å². The number of hydrogen-bond donors (Lipinski definition) is 3. The van der Waals surface area contributed by atoms with Crippen LogP contribution < -0.4 is 16.0 Å². The summed E-state index contributed by atoms with van der Waals surface area (Å²) >= 11 is 0. The van der Waals surface area contributed by atoms with Gasteiger partial charge in [0.1, 0.15) is 11.8 Å². The van der Waals surface area contributed by atoms with Crippen LogP contribution >= 0.6 is 0 Å². The molecule has 3 amide bonds. The Morgan fingerprint density at radius 1 is 0.969 bits per heavy atom. The third-order valence-corrected chi connectivity index (χ3v) is 6.42. The molecular formula is C25H31N3O4. The number of carbonyl (C=O) groups is 3. The first-order chi connectivity index (χ1) is 15.5. The molecule has 7 heteroatoms. The molecule has 4 rings (SSSR count). The van der Waals surface area contributed by atoms with Crippen LogP contribution in [0.15, 0.2) is 40.8 Å². The van der Waals surface area contributed by atoms with Crippen molar-refractivity contribution in [3.8, 4) is 11.3 Å². The highest BCUT2D eigenvalue weighted by molar-refractivity contribution is 5.96. The van der Waals surface area contributed by atoms with Gasteiger partial charge in [0.2, 0.25) is 11.8 Å². The van der Waals surface area contributed by atoms with Crippen molar-refractivity contribution in [3.05, 3.63) is 47.7 Å². The van der Waals surface area contributed by atoms with E-state index in [1.54, 1.807) is 19.2 Å². The highest BCUT2D eigenvalue weighted by Gasteiger charge is 2.31. The van der Waals surface area contributed by atoms with Gasteiger partial charge in [0.05, 0.1) is 0 Å². The van der Waals surface area contributed by atoms with E-state index >= 15 is 0 Å². The van der Waals surface area contributed by atoms with E-state index in [1.165, 1.54) is 6.42 Å². The van der Waals surface area contributed by atoms with Crippen LogP contribution in [0.5, 0.6) is 0 Å². The third-order valence-electron chi connectivity index (χ3n) is 6.42. The molecule has 7 nitrogen and oxygen atoms in total. The maximum atomic E-state index is 12.8. The second kappa shape index (κ2) is 10.0. The summed E-state index contributed by atoms with van der Waals surface area (Å²) in [5.41, 5.74) is 1.85. The van der Waals surface area contributed by atoms with E-state index in [-0.39, 0.29) is 35.3 Å². The molecule has 2 saturated carbocycles. The zero-order chi connectivity index (χ0) is 22.5. The van der Waals surface area contributed by atoms with E-state index in [4.69, 9.17) is 4.42 Å². The second-order valence-corrected chi connectivity index (χ2v) is 8.82. The van der Waals surface area contributed by atoms with Crippen molar-refractivity contribution in [2.75, 3.05) is 7.05 Å². The summed E-state index contributed by atoms with van der Waals surface area (Å²) in [4.78, 5) is 37.0. The molecule has 0 aliphatic heterocycles. The van der Waals surface area contributed by atoms with E-state index in [1.807, 2.05) is 24.3 Å². The van der Waals surface area contributed by atoms with Crippen LogP contribution in [0.4, 0.5) is 0 Å². The van der Waals surface area contributed by atoms with Crippen molar-refractivity contribution in [2.24, 2.45) is 11.8 Å². The first-order valence-corrected chi connectivity index (χ1v) is 11.5. The van der Waals surface area contributed by atoms with Crippen molar-refractivity contribution in [1.82, 2.24) is 16.0 Å². The van der Waals surface area contributed by atoms with E-state index in [0.717, 1.165) is 49.7 Å². The van der Waals surface area contributed by atoms with Crippen LogP contribution in [-0.2, 0) is 16.1 Å². The smallest absolute Gasteiger partial charge is 0.287 e. The Labute approximate surface area is 188 Å². The zero-order valence-corrected chi connectivity index (χ0v) is 18.5. The first kappa shape index (κ1) is 22.1. The molecule has 0 radical (unpaired) electrons. The summed E-state index contributed by atoms with van der Waals surface area (Å²) in [6.45, 7) is 0.503. The minimum Gasteiger partial charge on any atom is -0.451 e. The number of amides is 3. The predicted octanol–water partition coefficient (Wildman–Crippen LogP) is 3.40. The molecule has 2 fully saturated rings. The molecule has 0 spiro atoms. The Hall–Kier alpha value is -3.09. The second-order valence-electron chi connectivity index (χ2n) is 8.82. The molecule has 2 aliphatic rings. The molecule has 0 saturated heterocycles. The molecule has 1 unspecified atom stereocenters. The average Bonchev–Trinajstić information content (AvgIpc) is 3.57. The van der Waals surface area contributed by atoms with Crippen molar-refractivity contribution in [1.29, 1.82) is 0 Å². The summed E-state index contributed by atoms with van der Waals surface area (Å²) < 4.78 is 5.80. The Balaban J connectivity index is 1.38. The van der Waals surface area contributed by atoms with E-state index in [2.05, 4.69) is 16.0 Å². The Kier molecular flexibility index (Phi) is 6.93. The molecule has 2 aromatic rings. The van der Waals surface area contributed by atoms with Gasteiger partial charge in [0.25, 0.3) is 5.91 Å². The minimum atomic E-state index is -0.550. The zero-order valence-electron chi connectivity index (χ0n) is 18.5. The Bertz CT molecular complexity index is 956. The lowest BCUT2D eigenvalue weighted by Crippen LogP contribution is -2.50. The quantitative estimate of drug-likeness (QED) is 0.589. The van der Waals surface area contributed by atoms with Gasteiger partial charge >= 0.3 is 0 Å². The lowest BCUT2D eigenvalue weighted by atomic mass is 9.83. The standard InChI is InChI=1S/C25H31N3O4/c1-26-25(31)22(18-5-3-2-4-6-18)28-24(30)21-14-13-20(32-21)17-9-7-16(8-10-17)15-27-23(29)19-11-12-19/h7-10,13-14,18-19,22H,2-6,11-12,15H2,1H3,(H,26,31)(H,27,29)(H,28,30). The van der Waals surface area contributed by atoms with Gasteiger partial charge in [-0.3, -0.25) is 14.4 Å². The van der Waals surface area contributed by atoms with Crippen LogP contribution in [-0.4, -0.2) is 30.8 Å². The number of rotatable bonds is 8. The molecule has 2 aliphatic carbocycles. The van der Waals surface area contributed by atoms with Crippen LogP contribution in [0.1, 0.15) is 61.1 Å². The fraction of sp³-hybridized carbons (Fsp3) is 0.480. The molecule has 1 aromatic carbocycles. The Morgan fingerprint density at radius 3 is 2.34 bits per heavy atom. The highest BCUT2D eigenvalue weighted by Crippen LogP contribution is 2.29. The number of hydrogen-bond acceptors (Lipinski definition) is 4. The van der Waals surface area contributed by atoms with E-state index in [0.29, 0.717) is 12.3 Å². The van der Waals surface area contributed by atoms with Gasteiger partial charge in [-0.05, 0) is 49.3 Å². The monoisotopic (exact) mass is 437 g/mol. The minimum absolute atomic E-state index is 0.124. The summed E-state index contributed by atoms with van der Waals surface area (Å²) in [6.07, 6.45) is 7.20. The van der Waals surface area contributed by atoms with Gasteiger partial charge in [-0.15, -0.1) is 0 Å². The van der Waals surface area contributed by atoms with Crippen molar-refractivity contribution in [2.45, 2.75) is 57.5 Å². The van der Waals surface area contributed by atoms with Gasteiger partial charge in [-0.25, -0.2) is 0 Å². The van der Waals surface area contributed by atoms with Crippen LogP contribution in [0.25, 0.3) is 11.3 Å². The molecular weight excluding hydrogens is 406 g/mol. The fourth-order valence-corrected chi connectivity index (χ4v) is 4.31. The number of benzene rings is 1. The largest absolute Gasteiger partial charge is 0.451 e. The van der Waals surface area contributed by atoms with Crippen LogP contribution in [0.3, 0.4) is 0 Å². The van der Waals surface area contributed by atoms with Gasteiger partial charge < -0.3 is 20.4 Å². The summed E-state index contributed by atoms with van der Waals surface area (Å²) in [7, 11) is 1.59. The molecule has 170 valence electrons. The van der Waals surface area contributed by atoms with Crippen LogP contribution in [0.2, 0.25) is 0 Å². The van der Waals surface area contributed by atoms with Crippen molar-refractivity contribution >= 4 is 17.7 Å². The predicted molar refractivity (Wildman–Crippen MR) is 121 cm³/mol. The normalized spacial score (nSPS) is 17.4. The molecule has 0 bridgehead atoms. The van der Waals surface area contributed by atoms with Crippen molar-refractivity contribution < 1.29 is 18.8 Å². The summed E-state index contributed by atoms with van der Waals surface area (Å²) in [5.74, 6) is 0.691. The maximum Gasteiger partial charge on any atom is 0.287 e. The molecule has 1 heterocycles. The lowest BCUT2D eigenvalue weighted by molar-refractivity contribution is -0.124. The van der Waals surface area contributed by atoms with E-state index < -0.39 is 6.04 Å². The van der Waals surface area contributed by atoms with Gasteiger partial charge in [0, 0.05) is 25.1 Å². The maximum absolute atomic E-state index is 12.8. The fourth-order valence-electron chi connectivity index (χ4n) is 4.31. The topological polar surface area (TPSA) is 100 Å². The van der Waals surface area contributed by atoms with Gasteiger partial charge in [0.15, 0.2) is 5.76 Å². The average molecular weight is 438 g/mol. The molecule has 3 N–H and O–H groups in total. The third kappa shape index (κ3) is 5.39. The van der Waals surface area contributed by atoms with Crippen molar-refractivity contribution in [3.63, 3.8) is 0 Å². The number of furan rings is 1.